The molecule has 2 heterocycles. The second-order valence-corrected chi connectivity index (χ2v) is 6.46. The molecule has 1 aliphatic heterocycles. The van der Waals surface area contributed by atoms with Crippen molar-refractivity contribution in [1.82, 2.24) is 15.2 Å². The quantitative estimate of drug-likeness (QED) is 0.621. The number of rotatable bonds is 6. The lowest BCUT2D eigenvalue weighted by molar-refractivity contribution is 0.143. The van der Waals surface area contributed by atoms with Crippen molar-refractivity contribution in [3.8, 4) is 0 Å². The van der Waals surface area contributed by atoms with Crippen LogP contribution in [0.25, 0.3) is 0 Å². The van der Waals surface area contributed by atoms with Crippen LogP contribution in [0.15, 0.2) is 18.3 Å². The molecule has 0 amide bonds. The first-order valence-corrected chi connectivity index (χ1v) is 8.81. The lowest BCUT2D eigenvalue weighted by Crippen LogP contribution is -2.41. The number of aryl methyl sites for hydroxylation is 1. The van der Waals surface area contributed by atoms with E-state index in [1.54, 1.807) is 0 Å². The van der Waals surface area contributed by atoms with Crippen LogP contribution in [0.1, 0.15) is 44.6 Å². The van der Waals surface area contributed by atoms with Crippen LogP contribution in [0.3, 0.4) is 0 Å². The number of pyridine rings is 1. The van der Waals surface area contributed by atoms with Crippen LogP contribution >= 0.6 is 12.2 Å². The fourth-order valence-corrected chi connectivity index (χ4v) is 3.21. The maximum atomic E-state index is 5.31. The third-order valence-corrected chi connectivity index (χ3v) is 4.53. The van der Waals surface area contributed by atoms with Gasteiger partial charge >= 0.3 is 0 Å². The van der Waals surface area contributed by atoms with E-state index < -0.39 is 0 Å². The van der Waals surface area contributed by atoms with E-state index in [1.807, 2.05) is 25.3 Å². The highest BCUT2D eigenvalue weighted by molar-refractivity contribution is 7.80. The number of anilines is 1. The Kier molecular flexibility index (Phi) is 7.06. The zero-order valence-corrected chi connectivity index (χ0v) is 14.6. The van der Waals surface area contributed by atoms with Gasteiger partial charge in [0.15, 0.2) is 5.11 Å². The summed E-state index contributed by atoms with van der Waals surface area (Å²) in [5, 5.41) is 7.05. The number of hydrogen-bond acceptors (Lipinski definition) is 3. The van der Waals surface area contributed by atoms with E-state index in [0.717, 1.165) is 36.9 Å². The molecule has 0 unspecified atom stereocenters. The summed E-state index contributed by atoms with van der Waals surface area (Å²) in [6.45, 7) is 7.66. The lowest BCUT2D eigenvalue weighted by atomic mass is 10.00. The number of aromatic nitrogens is 1. The van der Waals surface area contributed by atoms with Gasteiger partial charge in [0, 0.05) is 25.3 Å². The van der Waals surface area contributed by atoms with Crippen molar-refractivity contribution in [3.05, 3.63) is 23.9 Å². The summed E-state index contributed by atoms with van der Waals surface area (Å²) < 4.78 is 0. The van der Waals surface area contributed by atoms with Crippen LogP contribution < -0.4 is 10.6 Å². The lowest BCUT2D eigenvalue weighted by Gasteiger charge is -2.35. The summed E-state index contributed by atoms with van der Waals surface area (Å²) in [6.07, 6.45) is 8.34. The van der Waals surface area contributed by atoms with E-state index in [2.05, 4.69) is 27.4 Å². The van der Waals surface area contributed by atoms with Gasteiger partial charge in [-0.1, -0.05) is 19.4 Å². The number of nitrogens with one attached hydrogen (secondary N) is 2. The summed E-state index contributed by atoms with van der Waals surface area (Å²) in [5.41, 5.74) is 1.15. The van der Waals surface area contributed by atoms with E-state index in [9.17, 15) is 0 Å². The Morgan fingerprint density at radius 3 is 3.00 bits per heavy atom. The molecule has 0 saturated carbocycles. The van der Waals surface area contributed by atoms with Gasteiger partial charge in [0.25, 0.3) is 0 Å². The molecule has 22 heavy (non-hydrogen) atoms. The van der Waals surface area contributed by atoms with E-state index in [4.69, 9.17) is 12.2 Å². The van der Waals surface area contributed by atoms with Gasteiger partial charge in [-0.05, 0) is 63.0 Å². The van der Waals surface area contributed by atoms with Gasteiger partial charge in [0.05, 0.1) is 0 Å². The van der Waals surface area contributed by atoms with Crippen LogP contribution in [0.5, 0.6) is 0 Å². The standard InChI is InChI=1S/C17H28N4S/c1-3-15-7-4-5-11-21(15)12-6-10-18-17(22)20-16-9-8-14(2)13-19-16/h8-9,13,15H,3-7,10-12H2,1-2H3,(H2,18,19,20,22)/t15-/m1/s1. The molecule has 0 radical (unpaired) electrons. The number of nitrogens with zero attached hydrogens (tertiary/aromatic N) is 2. The minimum absolute atomic E-state index is 0.655. The first-order chi connectivity index (χ1) is 10.7. The Morgan fingerprint density at radius 2 is 2.27 bits per heavy atom. The van der Waals surface area contributed by atoms with E-state index in [1.165, 1.54) is 32.2 Å². The molecule has 0 bridgehead atoms. The molecule has 1 aromatic rings. The van der Waals surface area contributed by atoms with Crippen molar-refractivity contribution >= 4 is 23.1 Å². The first-order valence-electron chi connectivity index (χ1n) is 8.40. The predicted octanol–water partition coefficient (Wildman–Crippen LogP) is 3.33. The molecule has 122 valence electrons. The van der Waals surface area contributed by atoms with Crippen molar-refractivity contribution in [2.45, 2.75) is 52.0 Å². The molecule has 1 aliphatic rings. The largest absolute Gasteiger partial charge is 0.362 e. The van der Waals surface area contributed by atoms with Crippen LogP contribution in [0, 0.1) is 6.92 Å². The molecule has 4 nitrogen and oxygen atoms in total. The van der Waals surface area contributed by atoms with Gasteiger partial charge in [-0.2, -0.15) is 0 Å². The molecule has 0 aromatic carbocycles. The van der Waals surface area contributed by atoms with Gasteiger partial charge in [0.1, 0.15) is 5.82 Å². The third-order valence-electron chi connectivity index (χ3n) is 4.28. The van der Waals surface area contributed by atoms with Crippen LogP contribution in [-0.2, 0) is 0 Å². The number of hydrogen-bond donors (Lipinski definition) is 2. The topological polar surface area (TPSA) is 40.2 Å². The van der Waals surface area contributed by atoms with Crippen molar-refractivity contribution in [2.24, 2.45) is 0 Å². The molecule has 2 N–H and O–H groups in total. The summed E-state index contributed by atoms with van der Waals surface area (Å²) in [7, 11) is 0. The zero-order chi connectivity index (χ0) is 15.8. The monoisotopic (exact) mass is 320 g/mol. The molecule has 1 atom stereocenters. The second-order valence-electron chi connectivity index (χ2n) is 6.05. The summed E-state index contributed by atoms with van der Waals surface area (Å²) in [5.74, 6) is 0.796. The highest BCUT2D eigenvalue weighted by atomic mass is 32.1. The molecule has 0 spiro atoms. The highest BCUT2D eigenvalue weighted by Gasteiger charge is 2.19. The Hall–Kier alpha value is -1.20. The molecule has 1 aromatic heterocycles. The molecular formula is C17H28N4S. The van der Waals surface area contributed by atoms with Gasteiger partial charge in [-0.15, -0.1) is 0 Å². The van der Waals surface area contributed by atoms with Crippen molar-refractivity contribution in [3.63, 3.8) is 0 Å². The van der Waals surface area contributed by atoms with Gasteiger partial charge in [0.2, 0.25) is 0 Å². The normalized spacial score (nSPS) is 18.9. The smallest absolute Gasteiger partial charge is 0.171 e. The Balaban J connectivity index is 1.63. The number of likely N-dealkylation sites (tertiary alicyclic amines) is 1. The highest BCUT2D eigenvalue weighted by Crippen LogP contribution is 2.19. The maximum absolute atomic E-state index is 5.31. The summed E-state index contributed by atoms with van der Waals surface area (Å²) in [4.78, 5) is 6.94. The maximum Gasteiger partial charge on any atom is 0.171 e. The minimum atomic E-state index is 0.655. The first kappa shape index (κ1) is 17.2. The fourth-order valence-electron chi connectivity index (χ4n) is 3.00. The molecule has 2 rings (SSSR count). The molecule has 0 aliphatic carbocycles. The van der Waals surface area contributed by atoms with Crippen molar-refractivity contribution in [1.29, 1.82) is 0 Å². The Morgan fingerprint density at radius 1 is 1.41 bits per heavy atom. The zero-order valence-electron chi connectivity index (χ0n) is 13.8. The van der Waals surface area contributed by atoms with E-state index >= 15 is 0 Å². The van der Waals surface area contributed by atoms with Crippen molar-refractivity contribution < 1.29 is 0 Å². The SMILES string of the molecule is CC[C@@H]1CCCCN1CCCNC(=S)Nc1ccc(C)cn1. The predicted molar refractivity (Wildman–Crippen MR) is 97.3 cm³/mol. The second kappa shape index (κ2) is 9.06. The van der Waals surface area contributed by atoms with E-state index in [0.29, 0.717) is 5.11 Å². The Bertz CT molecular complexity index is 460. The fraction of sp³-hybridized carbons (Fsp3) is 0.647. The number of thiocarbonyl (C=S) groups is 1. The average molecular weight is 321 g/mol. The van der Waals surface area contributed by atoms with Crippen molar-refractivity contribution in [2.75, 3.05) is 25.0 Å². The molecule has 1 fully saturated rings. The van der Waals surface area contributed by atoms with Gasteiger partial charge in [-0.3, -0.25) is 0 Å². The van der Waals surface area contributed by atoms with Crippen LogP contribution in [-0.4, -0.2) is 40.7 Å². The minimum Gasteiger partial charge on any atom is -0.362 e. The van der Waals surface area contributed by atoms with Gasteiger partial charge in [-0.25, -0.2) is 4.98 Å². The summed E-state index contributed by atoms with van der Waals surface area (Å²) in [6, 6.07) is 4.76. The molecule has 1 saturated heterocycles. The number of piperidine rings is 1. The average Bonchev–Trinajstić information content (AvgIpc) is 2.54. The molecular weight excluding hydrogens is 292 g/mol. The third kappa shape index (κ3) is 5.54. The van der Waals surface area contributed by atoms with Crippen LogP contribution in [0.4, 0.5) is 5.82 Å². The Labute approximate surface area is 139 Å². The van der Waals surface area contributed by atoms with Gasteiger partial charge < -0.3 is 15.5 Å². The van der Waals surface area contributed by atoms with E-state index in [-0.39, 0.29) is 0 Å². The summed E-state index contributed by atoms with van der Waals surface area (Å²) >= 11 is 5.31. The van der Waals surface area contributed by atoms with Crippen LogP contribution in [0.2, 0.25) is 0 Å². The molecule has 5 heteroatoms.